The van der Waals surface area contributed by atoms with Gasteiger partial charge in [0.1, 0.15) is 0 Å². The molecule has 2 aliphatic rings. The zero-order chi connectivity index (χ0) is 13.2. The zero-order valence-electron chi connectivity index (χ0n) is 11.7. The lowest BCUT2D eigenvalue weighted by Crippen LogP contribution is -2.46. The van der Waals surface area contributed by atoms with Crippen LogP contribution in [0.15, 0.2) is 0 Å². The highest BCUT2D eigenvalue weighted by atomic mass is 16.5. The van der Waals surface area contributed by atoms with E-state index in [2.05, 4.69) is 10.2 Å². The lowest BCUT2D eigenvalue weighted by Gasteiger charge is -2.29. The molecule has 1 saturated heterocycles. The van der Waals surface area contributed by atoms with Gasteiger partial charge in [-0.15, -0.1) is 0 Å². The molecule has 0 bridgehead atoms. The maximum absolute atomic E-state index is 9.54. The number of likely N-dealkylation sites (tertiary alicyclic amines) is 1. The van der Waals surface area contributed by atoms with E-state index in [9.17, 15) is 5.11 Å². The Morgan fingerprint density at radius 3 is 2.28 bits per heavy atom. The number of likely N-dealkylation sites (N-methyl/N-ethyl adjacent to an activating group) is 1. The van der Waals surface area contributed by atoms with Crippen LogP contribution in [0.25, 0.3) is 0 Å². The molecule has 2 fully saturated rings. The van der Waals surface area contributed by atoms with Crippen molar-refractivity contribution in [1.82, 2.24) is 10.2 Å². The highest BCUT2D eigenvalue weighted by Gasteiger charge is 2.44. The Kier molecular flexibility index (Phi) is 4.61. The second-order valence-electron chi connectivity index (χ2n) is 5.59. The number of aliphatic hydroxyl groups excluding tert-OH is 1. The van der Waals surface area contributed by atoms with Gasteiger partial charge in [0.05, 0.1) is 18.8 Å². The number of nitrogens with zero attached hydrogens (tertiary/aromatic N) is 1. The minimum Gasteiger partial charge on any atom is -0.394 e. The molecule has 2 rings (SSSR count). The number of methoxy groups -OCH3 is 2. The van der Waals surface area contributed by atoms with E-state index in [1.54, 1.807) is 14.2 Å². The summed E-state index contributed by atoms with van der Waals surface area (Å²) in [6.07, 6.45) is 3.53. The van der Waals surface area contributed by atoms with Crippen LogP contribution in [0.3, 0.4) is 0 Å². The molecular weight excluding hydrogens is 232 g/mol. The van der Waals surface area contributed by atoms with Gasteiger partial charge in [-0.25, -0.2) is 0 Å². The van der Waals surface area contributed by atoms with E-state index in [1.165, 1.54) is 0 Å². The summed E-state index contributed by atoms with van der Waals surface area (Å²) in [6.45, 7) is 2.09. The number of hydrogen-bond acceptors (Lipinski definition) is 5. The van der Waals surface area contributed by atoms with Crippen LogP contribution in [-0.4, -0.2) is 74.8 Å². The zero-order valence-corrected chi connectivity index (χ0v) is 11.7. The van der Waals surface area contributed by atoms with Crippen LogP contribution in [0.2, 0.25) is 0 Å². The normalized spacial score (nSPS) is 41.7. The quantitative estimate of drug-likeness (QED) is 0.717. The van der Waals surface area contributed by atoms with Crippen LogP contribution in [-0.2, 0) is 9.47 Å². The molecule has 1 aliphatic carbocycles. The first-order valence-corrected chi connectivity index (χ1v) is 6.77. The van der Waals surface area contributed by atoms with Crippen LogP contribution in [0.1, 0.15) is 19.3 Å². The summed E-state index contributed by atoms with van der Waals surface area (Å²) in [6, 6.07) is 0.530. The molecule has 1 aliphatic heterocycles. The van der Waals surface area contributed by atoms with Crippen LogP contribution >= 0.6 is 0 Å². The Morgan fingerprint density at radius 2 is 1.89 bits per heavy atom. The molecule has 5 heteroatoms. The van der Waals surface area contributed by atoms with E-state index in [4.69, 9.17) is 9.47 Å². The van der Waals surface area contributed by atoms with Gasteiger partial charge in [-0.2, -0.15) is 0 Å². The molecule has 18 heavy (non-hydrogen) atoms. The fourth-order valence-electron chi connectivity index (χ4n) is 3.38. The summed E-state index contributed by atoms with van der Waals surface area (Å²) < 4.78 is 11.0. The van der Waals surface area contributed by atoms with Gasteiger partial charge in [-0.3, -0.25) is 4.90 Å². The van der Waals surface area contributed by atoms with Crippen LogP contribution < -0.4 is 5.32 Å². The van der Waals surface area contributed by atoms with Gasteiger partial charge in [-0.05, 0) is 26.3 Å². The fraction of sp³-hybridized carbons (Fsp3) is 1.00. The largest absolute Gasteiger partial charge is 0.394 e. The van der Waals surface area contributed by atoms with E-state index >= 15 is 0 Å². The van der Waals surface area contributed by atoms with E-state index < -0.39 is 0 Å². The van der Waals surface area contributed by atoms with Crippen molar-refractivity contribution in [3.63, 3.8) is 0 Å². The number of ether oxygens (including phenoxy) is 2. The highest BCUT2D eigenvalue weighted by Crippen LogP contribution is 2.34. The Morgan fingerprint density at radius 1 is 1.28 bits per heavy atom. The van der Waals surface area contributed by atoms with E-state index in [-0.39, 0.29) is 24.4 Å². The third-order valence-corrected chi connectivity index (χ3v) is 4.78. The predicted octanol–water partition coefficient (Wildman–Crippen LogP) is -0.165. The van der Waals surface area contributed by atoms with Crippen LogP contribution in [0.4, 0.5) is 0 Å². The van der Waals surface area contributed by atoms with E-state index in [0.29, 0.717) is 6.04 Å². The highest BCUT2D eigenvalue weighted by molar-refractivity contribution is 5.01. The first-order chi connectivity index (χ1) is 8.68. The van der Waals surface area contributed by atoms with Crippen molar-refractivity contribution in [2.75, 3.05) is 41.0 Å². The van der Waals surface area contributed by atoms with Crippen molar-refractivity contribution in [3.8, 4) is 0 Å². The predicted molar refractivity (Wildman–Crippen MR) is 69.7 cm³/mol. The second kappa shape index (κ2) is 5.84. The summed E-state index contributed by atoms with van der Waals surface area (Å²) in [5.74, 6) is 0. The van der Waals surface area contributed by atoms with Crippen molar-refractivity contribution < 1.29 is 14.6 Å². The lowest BCUT2D eigenvalue weighted by atomic mass is 9.99. The number of rotatable bonds is 5. The van der Waals surface area contributed by atoms with Gasteiger partial charge in [0.15, 0.2) is 0 Å². The van der Waals surface area contributed by atoms with Gasteiger partial charge in [0.2, 0.25) is 0 Å². The summed E-state index contributed by atoms with van der Waals surface area (Å²) in [5, 5.41) is 12.8. The van der Waals surface area contributed by atoms with Crippen LogP contribution in [0, 0.1) is 0 Å². The molecule has 0 aromatic carbocycles. The number of aliphatic hydroxyl groups is 1. The average molecular weight is 258 g/mol. The fourth-order valence-corrected chi connectivity index (χ4v) is 3.38. The smallest absolute Gasteiger partial charge is 0.0971 e. The topological polar surface area (TPSA) is 54.0 Å². The third-order valence-electron chi connectivity index (χ3n) is 4.78. The van der Waals surface area contributed by atoms with Crippen molar-refractivity contribution in [3.05, 3.63) is 0 Å². The van der Waals surface area contributed by atoms with Gasteiger partial charge in [-0.1, -0.05) is 0 Å². The number of hydrogen-bond donors (Lipinski definition) is 2. The monoisotopic (exact) mass is 258 g/mol. The molecule has 1 heterocycles. The molecule has 0 amide bonds. The van der Waals surface area contributed by atoms with Gasteiger partial charge in [0, 0.05) is 38.9 Å². The summed E-state index contributed by atoms with van der Waals surface area (Å²) in [4.78, 5) is 2.46. The van der Waals surface area contributed by atoms with Gasteiger partial charge in [0.25, 0.3) is 0 Å². The molecule has 5 nitrogen and oxygen atoms in total. The second-order valence-corrected chi connectivity index (χ2v) is 5.59. The maximum Gasteiger partial charge on any atom is 0.0971 e. The minimum absolute atomic E-state index is 0.0849. The summed E-state index contributed by atoms with van der Waals surface area (Å²) in [5.41, 5.74) is -0.0849. The van der Waals surface area contributed by atoms with Gasteiger partial charge >= 0.3 is 0 Å². The molecule has 0 aromatic rings. The van der Waals surface area contributed by atoms with Crippen LogP contribution in [0.5, 0.6) is 0 Å². The molecule has 0 spiro atoms. The molecule has 2 N–H and O–H groups in total. The minimum atomic E-state index is -0.0849. The molecule has 0 aromatic heterocycles. The van der Waals surface area contributed by atoms with Gasteiger partial charge < -0.3 is 19.9 Å². The number of nitrogens with one attached hydrogen (secondary N) is 1. The van der Waals surface area contributed by atoms with Crippen molar-refractivity contribution in [2.24, 2.45) is 0 Å². The van der Waals surface area contributed by atoms with E-state index in [1.807, 2.05) is 7.05 Å². The van der Waals surface area contributed by atoms with Crippen molar-refractivity contribution >= 4 is 0 Å². The Balaban J connectivity index is 1.95. The lowest BCUT2D eigenvalue weighted by molar-refractivity contribution is -0.00461. The van der Waals surface area contributed by atoms with E-state index in [0.717, 1.165) is 32.4 Å². The Labute approximate surface area is 109 Å². The molecule has 1 saturated carbocycles. The molecule has 106 valence electrons. The molecular formula is C13H26N2O3. The van der Waals surface area contributed by atoms with Crippen molar-refractivity contribution in [2.45, 2.75) is 43.1 Å². The molecule has 4 atom stereocenters. The Hall–Kier alpha value is -0.200. The van der Waals surface area contributed by atoms with Crippen molar-refractivity contribution in [1.29, 1.82) is 0 Å². The molecule has 0 radical (unpaired) electrons. The SMILES string of the molecule is CNC1(CO)CCC(N2CC(OC)C(OC)C2)C1. The maximum atomic E-state index is 9.54. The first-order valence-electron chi connectivity index (χ1n) is 6.77. The third kappa shape index (κ3) is 2.56. The summed E-state index contributed by atoms with van der Waals surface area (Å²) in [7, 11) is 5.44. The summed E-state index contributed by atoms with van der Waals surface area (Å²) >= 11 is 0. The molecule has 4 unspecified atom stereocenters. The average Bonchev–Trinajstić information content (AvgIpc) is 3.02. The standard InChI is InChI=1S/C13H26N2O3/c1-14-13(9-16)5-4-10(6-13)15-7-11(17-2)12(8-15)18-3/h10-12,14,16H,4-9H2,1-3H3. The Bertz CT molecular complexity index is 259. The first kappa shape index (κ1) is 14.2.